The quantitative estimate of drug-likeness (QED) is 0.758. The van der Waals surface area contributed by atoms with E-state index in [-0.39, 0.29) is 0 Å². The Labute approximate surface area is 108 Å². The van der Waals surface area contributed by atoms with Gasteiger partial charge in [0, 0.05) is 18.1 Å². The van der Waals surface area contributed by atoms with Crippen molar-refractivity contribution in [1.29, 1.82) is 5.26 Å². The van der Waals surface area contributed by atoms with Crippen molar-refractivity contribution in [3.05, 3.63) is 28.8 Å². The van der Waals surface area contributed by atoms with Gasteiger partial charge in [-0.25, -0.2) is 0 Å². The zero-order valence-electron chi connectivity index (χ0n) is 10.3. The predicted octanol–water partition coefficient (Wildman–Crippen LogP) is 3.69. The number of hydrogen-bond acceptors (Lipinski definition) is 2. The van der Waals surface area contributed by atoms with Crippen LogP contribution in [0.1, 0.15) is 25.8 Å². The van der Waals surface area contributed by atoms with Gasteiger partial charge in [0.2, 0.25) is 0 Å². The van der Waals surface area contributed by atoms with Crippen LogP contribution in [0.15, 0.2) is 18.2 Å². The van der Waals surface area contributed by atoms with Crippen LogP contribution < -0.4 is 4.90 Å². The lowest BCUT2D eigenvalue weighted by atomic mass is 9.91. The molecule has 1 aliphatic rings. The number of piperidine rings is 1. The lowest BCUT2D eigenvalue weighted by Crippen LogP contribution is -2.39. The van der Waals surface area contributed by atoms with Crippen molar-refractivity contribution in [3.63, 3.8) is 0 Å². The first-order valence-electron chi connectivity index (χ1n) is 6.04. The summed E-state index contributed by atoms with van der Waals surface area (Å²) in [6, 6.07) is 7.81. The lowest BCUT2D eigenvalue weighted by molar-refractivity contribution is 0.357. The van der Waals surface area contributed by atoms with Crippen LogP contribution in [0.25, 0.3) is 0 Å². The van der Waals surface area contributed by atoms with Crippen LogP contribution in [0, 0.1) is 23.2 Å². The molecule has 1 heterocycles. The first kappa shape index (κ1) is 12.3. The minimum atomic E-state index is 0.628. The molecule has 1 aromatic rings. The third kappa shape index (κ3) is 2.73. The summed E-state index contributed by atoms with van der Waals surface area (Å²) in [6.07, 6.45) is 1.27. The number of hydrogen-bond donors (Lipinski definition) is 0. The monoisotopic (exact) mass is 248 g/mol. The van der Waals surface area contributed by atoms with Gasteiger partial charge in [0.15, 0.2) is 0 Å². The van der Waals surface area contributed by atoms with E-state index >= 15 is 0 Å². The summed E-state index contributed by atoms with van der Waals surface area (Å²) in [7, 11) is 0. The molecule has 0 spiro atoms. The van der Waals surface area contributed by atoms with Gasteiger partial charge < -0.3 is 4.90 Å². The topological polar surface area (TPSA) is 27.0 Å². The van der Waals surface area contributed by atoms with Crippen LogP contribution in [0.2, 0.25) is 5.02 Å². The van der Waals surface area contributed by atoms with Crippen LogP contribution in [-0.2, 0) is 0 Å². The molecule has 1 fully saturated rings. The highest BCUT2D eigenvalue weighted by atomic mass is 35.5. The van der Waals surface area contributed by atoms with E-state index in [2.05, 4.69) is 24.8 Å². The van der Waals surface area contributed by atoms with Crippen molar-refractivity contribution in [2.75, 3.05) is 18.0 Å². The molecule has 17 heavy (non-hydrogen) atoms. The molecule has 0 aromatic heterocycles. The molecule has 1 aromatic carbocycles. The number of halogens is 1. The van der Waals surface area contributed by atoms with Crippen LogP contribution in [0.5, 0.6) is 0 Å². The molecule has 2 unspecified atom stereocenters. The van der Waals surface area contributed by atoms with Crippen LogP contribution in [0.3, 0.4) is 0 Å². The summed E-state index contributed by atoms with van der Waals surface area (Å²) >= 11 is 5.92. The minimum Gasteiger partial charge on any atom is -0.370 e. The number of nitrogens with zero attached hydrogens (tertiary/aromatic N) is 2. The third-order valence-corrected chi connectivity index (χ3v) is 3.52. The summed E-state index contributed by atoms with van der Waals surface area (Å²) < 4.78 is 0. The highest BCUT2D eigenvalue weighted by molar-refractivity contribution is 6.30. The Morgan fingerprint density at radius 1 is 1.29 bits per heavy atom. The van der Waals surface area contributed by atoms with Crippen molar-refractivity contribution in [3.8, 4) is 6.07 Å². The van der Waals surface area contributed by atoms with Gasteiger partial charge in [0.05, 0.1) is 11.3 Å². The van der Waals surface area contributed by atoms with Crippen LogP contribution >= 0.6 is 11.6 Å². The van der Waals surface area contributed by atoms with E-state index in [1.54, 1.807) is 6.07 Å². The van der Waals surface area contributed by atoms with Gasteiger partial charge in [-0.3, -0.25) is 0 Å². The smallest absolute Gasteiger partial charge is 0.101 e. The first-order chi connectivity index (χ1) is 8.10. The zero-order valence-corrected chi connectivity index (χ0v) is 11.0. The van der Waals surface area contributed by atoms with Crippen molar-refractivity contribution in [2.24, 2.45) is 11.8 Å². The van der Waals surface area contributed by atoms with E-state index in [9.17, 15) is 5.26 Å². The Hall–Kier alpha value is -1.20. The molecule has 2 rings (SSSR count). The molecule has 0 bridgehead atoms. The summed E-state index contributed by atoms with van der Waals surface area (Å²) in [5, 5.41) is 9.80. The van der Waals surface area contributed by atoms with Gasteiger partial charge in [-0.2, -0.15) is 5.26 Å². The fourth-order valence-electron chi connectivity index (χ4n) is 2.73. The maximum absolute atomic E-state index is 9.17. The van der Waals surface area contributed by atoms with Gasteiger partial charge in [-0.1, -0.05) is 25.4 Å². The molecular formula is C14H17ClN2. The van der Waals surface area contributed by atoms with Crippen LogP contribution in [-0.4, -0.2) is 13.1 Å². The zero-order chi connectivity index (χ0) is 12.4. The Morgan fingerprint density at radius 2 is 1.94 bits per heavy atom. The maximum Gasteiger partial charge on any atom is 0.101 e. The Kier molecular flexibility index (Phi) is 3.59. The molecule has 0 N–H and O–H groups in total. The summed E-state index contributed by atoms with van der Waals surface area (Å²) in [5.41, 5.74) is 1.70. The largest absolute Gasteiger partial charge is 0.370 e. The fourth-order valence-corrected chi connectivity index (χ4v) is 2.91. The SMILES string of the molecule is CC1CC(C)CN(c2ccc(Cl)cc2C#N)C1. The average molecular weight is 249 g/mol. The van der Waals surface area contributed by atoms with Crippen molar-refractivity contribution >= 4 is 17.3 Å². The van der Waals surface area contributed by atoms with E-state index in [4.69, 9.17) is 11.6 Å². The van der Waals surface area contributed by atoms with E-state index in [1.807, 2.05) is 12.1 Å². The standard InChI is InChI=1S/C14H17ClN2/c1-10-5-11(2)9-17(8-10)14-4-3-13(15)6-12(14)7-16/h3-4,6,10-11H,5,8-9H2,1-2H3. The third-order valence-electron chi connectivity index (χ3n) is 3.29. The normalized spacial score (nSPS) is 24.5. The summed E-state index contributed by atoms with van der Waals surface area (Å²) in [5.74, 6) is 1.36. The number of benzene rings is 1. The molecule has 0 aliphatic carbocycles. The van der Waals surface area contributed by atoms with Crippen molar-refractivity contribution in [2.45, 2.75) is 20.3 Å². The molecule has 90 valence electrons. The maximum atomic E-state index is 9.17. The number of anilines is 1. The second-order valence-electron chi connectivity index (χ2n) is 5.12. The van der Waals surface area contributed by atoms with E-state index in [0.717, 1.165) is 18.8 Å². The second-order valence-corrected chi connectivity index (χ2v) is 5.56. The Bertz CT molecular complexity index is 440. The Morgan fingerprint density at radius 3 is 2.53 bits per heavy atom. The Balaban J connectivity index is 2.30. The molecule has 1 aliphatic heterocycles. The van der Waals surface area contributed by atoms with Crippen molar-refractivity contribution in [1.82, 2.24) is 0 Å². The predicted molar refractivity (Wildman–Crippen MR) is 71.3 cm³/mol. The van der Waals surface area contributed by atoms with Crippen molar-refractivity contribution < 1.29 is 0 Å². The molecule has 0 amide bonds. The van der Waals surface area contributed by atoms with E-state index < -0.39 is 0 Å². The summed E-state index contributed by atoms with van der Waals surface area (Å²) in [6.45, 7) is 6.59. The molecule has 3 heteroatoms. The molecule has 2 atom stereocenters. The number of nitriles is 1. The molecular weight excluding hydrogens is 232 g/mol. The molecule has 1 saturated heterocycles. The van der Waals surface area contributed by atoms with E-state index in [1.165, 1.54) is 6.42 Å². The van der Waals surface area contributed by atoms with Gasteiger partial charge >= 0.3 is 0 Å². The lowest BCUT2D eigenvalue weighted by Gasteiger charge is -2.37. The molecule has 0 saturated carbocycles. The van der Waals surface area contributed by atoms with Gasteiger partial charge in [-0.15, -0.1) is 0 Å². The average Bonchev–Trinajstić information content (AvgIpc) is 2.27. The first-order valence-corrected chi connectivity index (χ1v) is 6.42. The highest BCUT2D eigenvalue weighted by Crippen LogP contribution is 2.29. The van der Waals surface area contributed by atoms with Gasteiger partial charge in [0.25, 0.3) is 0 Å². The molecule has 2 nitrogen and oxygen atoms in total. The fraction of sp³-hybridized carbons (Fsp3) is 0.500. The van der Waals surface area contributed by atoms with Gasteiger partial charge in [-0.05, 0) is 36.5 Å². The number of rotatable bonds is 1. The highest BCUT2D eigenvalue weighted by Gasteiger charge is 2.23. The van der Waals surface area contributed by atoms with Gasteiger partial charge in [0.1, 0.15) is 6.07 Å². The van der Waals surface area contributed by atoms with E-state index in [0.29, 0.717) is 22.4 Å². The summed E-state index contributed by atoms with van der Waals surface area (Å²) in [4.78, 5) is 2.31. The van der Waals surface area contributed by atoms with Crippen LogP contribution in [0.4, 0.5) is 5.69 Å². The molecule has 0 radical (unpaired) electrons. The minimum absolute atomic E-state index is 0.628. The second kappa shape index (κ2) is 4.98.